The molecule has 9 rings (SSSR count). The first-order chi connectivity index (χ1) is 23.9. The summed E-state index contributed by atoms with van der Waals surface area (Å²) in [6, 6.07) is 49.5. The lowest BCUT2D eigenvalue weighted by Gasteiger charge is -2.38. The van der Waals surface area contributed by atoms with E-state index in [4.69, 9.17) is 9.47 Å². The number of hydrogen-bond donors (Lipinski definition) is 0. The summed E-state index contributed by atoms with van der Waals surface area (Å²) >= 11 is 0. The molecule has 4 heteroatoms. The third-order valence-electron chi connectivity index (χ3n) is 9.99. The van der Waals surface area contributed by atoms with Crippen molar-refractivity contribution in [2.75, 3.05) is 0 Å². The first-order valence-corrected chi connectivity index (χ1v) is 18.3. The molecule has 1 unspecified atom stereocenters. The van der Waals surface area contributed by atoms with E-state index in [2.05, 4.69) is 87.5 Å². The van der Waals surface area contributed by atoms with E-state index in [1.807, 2.05) is 78.9 Å². The lowest BCUT2D eigenvalue weighted by Crippen LogP contribution is -2.36. The van der Waals surface area contributed by atoms with Gasteiger partial charge in [0.2, 0.25) is 0 Å². The van der Waals surface area contributed by atoms with Crippen molar-refractivity contribution in [3.05, 3.63) is 162 Å². The number of fused-ring (bicyclic) bond motifs is 4. The molecule has 236 valence electrons. The summed E-state index contributed by atoms with van der Waals surface area (Å²) in [6.45, 7) is 6.32. The number of benzene rings is 7. The van der Waals surface area contributed by atoms with Gasteiger partial charge in [-0.2, -0.15) is 0 Å². The summed E-state index contributed by atoms with van der Waals surface area (Å²) in [5.41, 5.74) is 11.1. The summed E-state index contributed by atoms with van der Waals surface area (Å²) in [5.74, 6) is 2.44. The molecule has 2 aliphatic heterocycles. The maximum Gasteiger partial charge on any atom is 0.185 e. The predicted octanol–water partition coefficient (Wildman–Crippen LogP) is 11.1. The fourth-order valence-electron chi connectivity index (χ4n) is 7.54. The number of aryl methyl sites for hydroxylation is 3. The van der Waals surface area contributed by atoms with Gasteiger partial charge in [0.15, 0.2) is 18.6 Å². The van der Waals surface area contributed by atoms with Gasteiger partial charge in [-0.1, -0.05) is 127 Å². The van der Waals surface area contributed by atoms with Crippen LogP contribution in [0, 0.1) is 20.8 Å². The van der Waals surface area contributed by atoms with E-state index in [9.17, 15) is 0 Å². The average molecular weight is 653 g/mol. The molecule has 0 aliphatic carbocycles. The van der Waals surface area contributed by atoms with E-state index in [0.29, 0.717) is 38.9 Å². The van der Waals surface area contributed by atoms with Gasteiger partial charge in [0, 0.05) is 22.3 Å². The van der Waals surface area contributed by atoms with Crippen LogP contribution in [-0.2, 0) is 4.57 Å². The van der Waals surface area contributed by atoms with Crippen LogP contribution >= 0.6 is 7.14 Å². The molecule has 3 nitrogen and oxygen atoms in total. The molecule has 0 aromatic heterocycles. The van der Waals surface area contributed by atoms with Crippen LogP contribution in [0.15, 0.2) is 146 Å². The molecule has 2 heterocycles. The van der Waals surface area contributed by atoms with Crippen molar-refractivity contribution < 1.29 is 14.0 Å². The van der Waals surface area contributed by atoms with Crippen LogP contribution < -0.4 is 25.4 Å². The van der Waals surface area contributed by atoms with Gasteiger partial charge in [0.05, 0.1) is 10.6 Å². The number of hydrogen-bond acceptors (Lipinski definition) is 3. The Kier molecular flexibility index (Phi) is 6.76. The number of rotatable bonds is 4. The van der Waals surface area contributed by atoms with Gasteiger partial charge in [-0.15, -0.1) is 0 Å². The third-order valence-corrected chi connectivity index (χ3v) is 13.1. The van der Waals surface area contributed by atoms with Crippen LogP contribution in [0.1, 0.15) is 16.7 Å². The molecule has 0 fully saturated rings. The van der Waals surface area contributed by atoms with E-state index < -0.39 is 7.14 Å². The van der Waals surface area contributed by atoms with Crippen molar-refractivity contribution >= 4 is 23.1 Å². The lowest BCUT2D eigenvalue weighted by molar-refractivity contribution is 0.465. The SMILES string of the molecule is Cc1ccccc1-c1cccc2c1Oc1c(-c3ccccc3)cc(-c3ccccc3C)c3c1P2(=O)c1cccc(-c2ccccc2C)c1O3. The van der Waals surface area contributed by atoms with Gasteiger partial charge in [0.25, 0.3) is 0 Å². The Morgan fingerprint density at radius 1 is 0.388 bits per heavy atom. The highest BCUT2D eigenvalue weighted by Gasteiger charge is 2.49. The summed E-state index contributed by atoms with van der Waals surface area (Å²) in [6.07, 6.45) is 0. The third kappa shape index (κ3) is 4.39. The van der Waals surface area contributed by atoms with E-state index in [1.165, 1.54) is 0 Å². The Morgan fingerprint density at radius 3 is 1.29 bits per heavy atom. The molecule has 0 spiro atoms. The number of ether oxygens (including phenoxy) is 2. The molecular formula is C45H33O3P. The Morgan fingerprint density at radius 2 is 0.796 bits per heavy atom. The zero-order valence-corrected chi connectivity index (χ0v) is 28.4. The fraction of sp³-hybridized carbons (Fsp3) is 0.0667. The minimum Gasteiger partial charge on any atom is -0.454 e. The molecule has 1 atom stereocenters. The maximum atomic E-state index is 16.8. The fourth-order valence-corrected chi connectivity index (χ4v) is 10.7. The zero-order chi connectivity index (χ0) is 33.3. The highest BCUT2D eigenvalue weighted by Crippen LogP contribution is 2.63. The van der Waals surface area contributed by atoms with E-state index >= 15 is 4.57 Å². The second-order valence-corrected chi connectivity index (χ2v) is 15.5. The molecule has 0 bridgehead atoms. The van der Waals surface area contributed by atoms with Crippen LogP contribution in [0.4, 0.5) is 0 Å². The second-order valence-electron chi connectivity index (χ2n) is 12.9. The minimum atomic E-state index is -3.60. The summed E-state index contributed by atoms with van der Waals surface area (Å²) < 4.78 is 31.1. The molecule has 0 radical (unpaired) electrons. The van der Waals surface area contributed by atoms with Gasteiger partial charge in [-0.05, 0) is 77.9 Å². The largest absolute Gasteiger partial charge is 0.454 e. The molecule has 7 aromatic carbocycles. The molecule has 7 aromatic rings. The van der Waals surface area contributed by atoms with Crippen molar-refractivity contribution in [2.24, 2.45) is 0 Å². The van der Waals surface area contributed by atoms with Crippen LogP contribution in [0.5, 0.6) is 23.0 Å². The second kappa shape index (κ2) is 11.2. The Balaban J connectivity index is 1.45. The van der Waals surface area contributed by atoms with E-state index in [-0.39, 0.29) is 0 Å². The Hall–Kier alpha value is -5.63. The van der Waals surface area contributed by atoms with Crippen molar-refractivity contribution in [2.45, 2.75) is 20.8 Å². The van der Waals surface area contributed by atoms with Crippen LogP contribution in [-0.4, -0.2) is 0 Å². The zero-order valence-electron chi connectivity index (χ0n) is 27.5. The number of para-hydroxylation sites is 2. The van der Waals surface area contributed by atoms with E-state index in [0.717, 1.165) is 61.2 Å². The summed E-state index contributed by atoms with van der Waals surface area (Å²) in [4.78, 5) is 0. The van der Waals surface area contributed by atoms with E-state index in [1.54, 1.807) is 0 Å². The topological polar surface area (TPSA) is 35.5 Å². The first kappa shape index (κ1) is 29.5. The van der Waals surface area contributed by atoms with Crippen molar-refractivity contribution in [1.29, 1.82) is 0 Å². The minimum absolute atomic E-state index is 0.586. The molecule has 2 aliphatic rings. The summed E-state index contributed by atoms with van der Waals surface area (Å²) in [7, 11) is -3.60. The monoisotopic (exact) mass is 652 g/mol. The van der Waals surface area contributed by atoms with Gasteiger partial charge in [0.1, 0.15) is 16.8 Å². The average Bonchev–Trinajstić information content (AvgIpc) is 3.13. The Labute approximate surface area is 286 Å². The highest BCUT2D eigenvalue weighted by atomic mass is 31.2. The van der Waals surface area contributed by atoms with Gasteiger partial charge in [-0.25, -0.2) is 0 Å². The molecule has 0 saturated heterocycles. The van der Waals surface area contributed by atoms with Gasteiger partial charge in [-0.3, -0.25) is 0 Å². The van der Waals surface area contributed by atoms with Crippen LogP contribution in [0.2, 0.25) is 0 Å². The van der Waals surface area contributed by atoms with Crippen molar-refractivity contribution in [1.82, 2.24) is 0 Å². The molecule has 0 amide bonds. The summed E-state index contributed by atoms with van der Waals surface area (Å²) in [5, 5.41) is 2.00. The molecular weight excluding hydrogens is 619 g/mol. The predicted molar refractivity (Wildman–Crippen MR) is 202 cm³/mol. The normalized spacial score (nSPS) is 15.3. The molecule has 0 saturated carbocycles. The highest BCUT2D eigenvalue weighted by molar-refractivity contribution is 7.86. The van der Waals surface area contributed by atoms with Gasteiger partial charge >= 0.3 is 0 Å². The lowest BCUT2D eigenvalue weighted by atomic mass is 9.94. The van der Waals surface area contributed by atoms with Gasteiger partial charge < -0.3 is 14.0 Å². The first-order valence-electron chi connectivity index (χ1n) is 16.6. The standard InChI is InChI=1S/C45H33O3P/c1-28-15-7-10-20-32(28)35-23-13-25-39-41(35)47-43-37(31-18-5-4-6-19-31)27-38(34-22-12-9-17-30(34)3)44-45(43)49(39,46)40-26-14-24-36(42(40)48-44)33-21-11-8-16-29(33)2/h4-27H,1-3H3. The maximum absolute atomic E-state index is 16.8. The van der Waals surface area contributed by atoms with Crippen LogP contribution in [0.3, 0.4) is 0 Å². The smallest absolute Gasteiger partial charge is 0.185 e. The van der Waals surface area contributed by atoms with Crippen molar-refractivity contribution in [3.8, 4) is 67.5 Å². The molecule has 0 N–H and O–H groups in total. The van der Waals surface area contributed by atoms with Crippen molar-refractivity contribution in [3.63, 3.8) is 0 Å². The molecule has 49 heavy (non-hydrogen) atoms. The van der Waals surface area contributed by atoms with Crippen LogP contribution in [0.25, 0.3) is 44.5 Å². The Bertz CT molecular complexity index is 2500. The quantitative estimate of drug-likeness (QED) is 0.178.